The molecule has 0 radical (unpaired) electrons. The first-order valence-electron chi connectivity index (χ1n) is 7.91. The van der Waals surface area contributed by atoms with E-state index in [-0.39, 0.29) is 18.3 Å². The second-order valence-electron chi connectivity index (χ2n) is 5.63. The van der Waals surface area contributed by atoms with Crippen LogP contribution in [-0.2, 0) is 4.79 Å². The number of Topliss-reactive ketones (excluding diaryl/α,β-unsaturated/α-hetero) is 1. The molecule has 0 aromatic heterocycles. The summed E-state index contributed by atoms with van der Waals surface area (Å²) in [6, 6.07) is 12.4. The van der Waals surface area contributed by atoms with Crippen molar-refractivity contribution < 1.29 is 14.3 Å². The number of amides is 1. The molecule has 126 valence electrons. The van der Waals surface area contributed by atoms with E-state index >= 15 is 0 Å². The minimum absolute atomic E-state index is 0.0490. The van der Waals surface area contributed by atoms with Crippen molar-refractivity contribution in [1.29, 1.82) is 0 Å². The third-order valence-corrected chi connectivity index (χ3v) is 3.47. The van der Waals surface area contributed by atoms with E-state index in [4.69, 9.17) is 10.5 Å². The Morgan fingerprint density at radius 1 is 1.17 bits per heavy atom. The van der Waals surface area contributed by atoms with Gasteiger partial charge in [0, 0.05) is 17.7 Å². The van der Waals surface area contributed by atoms with Crippen LogP contribution < -0.4 is 15.8 Å². The zero-order valence-electron chi connectivity index (χ0n) is 14.0. The van der Waals surface area contributed by atoms with Gasteiger partial charge in [0.1, 0.15) is 5.75 Å². The molecule has 0 atom stereocenters. The van der Waals surface area contributed by atoms with Crippen molar-refractivity contribution in [3.8, 4) is 5.75 Å². The second kappa shape index (κ2) is 8.15. The van der Waals surface area contributed by atoms with Gasteiger partial charge in [0.25, 0.3) is 5.91 Å². The molecule has 0 spiro atoms. The highest BCUT2D eigenvalue weighted by molar-refractivity contribution is 5.97. The van der Waals surface area contributed by atoms with Crippen LogP contribution in [-0.4, -0.2) is 18.3 Å². The maximum atomic E-state index is 11.9. The lowest BCUT2D eigenvalue weighted by Crippen LogP contribution is -2.20. The second-order valence-corrected chi connectivity index (χ2v) is 5.63. The van der Waals surface area contributed by atoms with Gasteiger partial charge in [-0.15, -0.1) is 0 Å². The molecule has 24 heavy (non-hydrogen) atoms. The lowest BCUT2D eigenvalue weighted by Gasteiger charge is -2.11. The predicted octanol–water partition coefficient (Wildman–Crippen LogP) is 3.58. The molecule has 0 aliphatic carbocycles. The van der Waals surface area contributed by atoms with Crippen LogP contribution in [0.25, 0.3) is 0 Å². The lowest BCUT2D eigenvalue weighted by atomic mass is 10.1. The summed E-state index contributed by atoms with van der Waals surface area (Å²) in [5, 5.41) is 2.76. The van der Waals surface area contributed by atoms with Crippen LogP contribution in [0.3, 0.4) is 0 Å². The minimum atomic E-state index is -0.272. The molecule has 3 N–H and O–H groups in total. The molecule has 0 heterocycles. The molecule has 0 saturated heterocycles. The molecular formula is C19H22N2O3. The first-order valence-corrected chi connectivity index (χ1v) is 7.91. The Balaban J connectivity index is 1.94. The van der Waals surface area contributed by atoms with Crippen LogP contribution in [0.2, 0.25) is 0 Å². The average molecular weight is 326 g/mol. The van der Waals surface area contributed by atoms with Gasteiger partial charge in [-0.05, 0) is 49.2 Å². The quantitative estimate of drug-likeness (QED) is 0.602. The molecule has 5 nitrogen and oxygen atoms in total. The van der Waals surface area contributed by atoms with Crippen LogP contribution >= 0.6 is 0 Å². The third-order valence-electron chi connectivity index (χ3n) is 3.47. The molecule has 0 saturated carbocycles. The summed E-state index contributed by atoms with van der Waals surface area (Å²) in [4.78, 5) is 23.8. The molecule has 2 aromatic rings. The number of hydrogen-bond acceptors (Lipinski definition) is 4. The Morgan fingerprint density at radius 3 is 2.62 bits per heavy atom. The van der Waals surface area contributed by atoms with Gasteiger partial charge in [-0.1, -0.05) is 19.1 Å². The average Bonchev–Trinajstić information content (AvgIpc) is 2.54. The van der Waals surface area contributed by atoms with E-state index < -0.39 is 0 Å². The fourth-order valence-electron chi connectivity index (χ4n) is 2.29. The number of hydrogen-bond donors (Lipinski definition) is 2. The van der Waals surface area contributed by atoms with Gasteiger partial charge in [0.05, 0.1) is 5.69 Å². The van der Waals surface area contributed by atoms with Gasteiger partial charge in [-0.3, -0.25) is 9.59 Å². The third kappa shape index (κ3) is 4.84. The summed E-state index contributed by atoms with van der Waals surface area (Å²) < 4.78 is 5.45. The molecule has 2 rings (SSSR count). The van der Waals surface area contributed by atoms with E-state index in [0.29, 0.717) is 23.4 Å². The van der Waals surface area contributed by atoms with E-state index in [9.17, 15) is 9.59 Å². The van der Waals surface area contributed by atoms with E-state index in [1.54, 1.807) is 18.2 Å². The van der Waals surface area contributed by atoms with Crippen molar-refractivity contribution in [2.75, 3.05) is 17.7 Å². The largest absolute Gasteiger partial charge is 0.482 e. The number of aryl methyl sites for hydroxylation is 1. The smallest absolute Gasteiger partial charge is 0.262 e. The van der Waals surface area contributed by atoms with Crippen molar-refractivity contribution in [3.05, 3.63) is 53.6 Å². The lowest BCUT2D eigenvalue weighted by molar-refractivity contribution is -0.118. The van der Waals surface area contributed by atoms with Crippen LogP contribution in [0.1, 0.15) is 35.7 Å². The number of anilines is 2. The number of ether oxygens (including phenoxy) is 1. The Bertz CT molecular complexity index is 741. The predicted molar refractivity (Wildman–Crippen MR) is 95.4 cm³/mol. The Hall–Kier alpha value is -2.82. The van der Waals surface area contributed by atoms with Crippen LogP contribution in [0.15, 0.2) is 42.5 Å². The molecule has 0 aliphatic heterocycles. The number of nitrogens with one attached hydrogen (secondary N) is 1. The monoisotopic (exact) mass is 326 g/mol. The minimum Gasteiger partial charge on any atom is -0.482 e. The van der Waals surface area contributed by atoms with Crippen molar-refractivity contribution in [2.45, 2.75) is 26.7 Å². The fourth-order valence-corrected chi connectivity index (χ4v) is 2.29. The van der Waals surface area contributed by atoms with E-state index in [2.05, 4.69) is 5.32 Å². The summed E-state index contributed by atoms with van der Waals surface area (Å²) in [6.45, 7) is 3.75. The molecular weight excluding hydrogens is 304 g/mol. The summed E-state index contributed by atoms with van der Waals surface area (Å²) in [5.74, 6) is 0.168. The maximum absolute atomic E-state index is 11.9. The molecule has 2 aromatic carbocycles. The normalized spacial score (nSPS) is 10.2. The standard InChI is InChI=1S/C19H22N2O3/c1-3-5-17(22)14-8-9-18(16(20)11-14)24-12-19(23)21-15-7-4-6-13(2)10-15/h4,6-11H,3,5,12,20H2,1-2H3,(H,21,23). The Morgan fingerprint density at radius 2 is 1.96 bits per heavy atom. The SMILES string of the molecule is CCCC(=O)c1ccc(OCC(=O)Nc2cccc(C)c2)c(N)c1. The number of ketones is 1. The highest BCUT2D eigenvalue weighted by Crippen LogP contribution is 2.23. The van der Waals surface area contributed by atoms with Gasteiger partial charge >= 0.3 is 0 Å². The number of benzene rings is 2. The number of nitrogen functional groups attached to an aromatic ring is 1. The molecule has 1 amide bonds. The summed E-state index contributed by atoms with van der Waals surface area (Å²) in [5.41, 5.74) is 8.59. The van der Waals surface area contributed by atoms with Crippen molar-refractivity contribution >= 4 is 23.1 Å². The zero-order chi connectivity index (χ0) is 17.5. The topological polar surface area (TPSA) is 81.4 Å². The van der Waals surface area contributed by atoms with Crippen LogP contribution in [0.4, 0.5) is 11.4 Å². The highest BCUT2D eigenvalue weighted by Gasteiger charge is 2.10. The van der Waals surface area contributed by atoms with Gasteiger partial charge in [0.2, 0.25) is 0 Å². The maximum Gasteiger partial charge on any atom is 0.262 e. The number of carbonyl (C=O) groups is 2. The Kier molecular flexibility index (Phi) is 5.95. The van der Waals surface area contributed by atoms with E-state index in [1.807, 2.05) is 38.1 Å². The molecule has 5 heteroatoms. The Labute approximate surface area is 141 Å². The van der Waals surface area contributed by atoms with Gasteiger partial charge in [-0.25, -0.2) is 0 Å². The fraction of sp³-hybridized carbons (Fsp3) is 0.263. The number of carbonyl (C=O) groups excluding carboxylic acids is 2. The summed E-state index contributed by atoms with van der Waals surface area (Å²) in [6.07, 6.45) is 1.27. The van der Waals surface area contributed by atoms with Crippen LogP contribution in [0.5, 0.6) is 5.75 Å². The first-order chi connectivity index (χ1) is 11.5. The van der Waals surface area contributed by atoms with E-state index in [1.165, 1.54) is 0 Å². The van der Waals surface area contributed by atoms with E-state index in [0.717, 1.165) is 17.7 Å². The molecule has 0 unspecified atom stereocenters. The van der Waals surface area contributed by atoms with Gasteiger partial charge < -0.3 is 15.8 Å². The summed E-state index contributed by atoms with van der Waals surface area (Å²) in [7, 11) is 0. The zero-order valence-corrected chi connectivity index (χ0v) is 14.0. The first kappa shape index (κ1) is 17.5. The highest BCUT2D eigenvalue weighted by atomic mass is 16.5. The number of nitrogens with two attached hydrogens (primary N) is 1. The summed E-state index contributed by atoms with van der Waals surface area (Å²) >= 11 is 0. The van der Waals surface area contributed by atoms with Crippen molar-refractivity contribution in [3.63, 3.8) is 0 Å². The van der Waals surface area contributed by atoms with Gasteiger partial charge in [0.15, 0.2) is 12.4 Å². The number of rotatable bonds is 7. The van der Waals surface area contributed by atoms with Gasteiger partial charge in [-0.2, -0.15) is 0 Å². The molecule has 0 fully saturated rings. The van der Waals surface area contributed by atoms with Crippen molar-refractivity contribution in [2.24, 2.45) is 0 Å². The molecule has 0 bridgehead atoms. The van der Waals surface area contributed by atoms with Crippen LogP contribution in [0, 0.1) is 6.92 Å². The van der Waals surface area contributed by atoms with Crippen molar-refractivity contribution in [1.82, 2.24) is 0 Å². The molecule has 0 aliphatic rings.